The molecule has 0 unspecified atom stereocenters. The molecule has 2 nitrogen and oxygen atoms in total. The first-order valence-electron chi connectivity index (χ1n) is 21.1. The predicted octanol–water partition coefficient (Wildman–Crippen LogP) is 15.9. The van der Waals surface area contributed by atoms with Gasteiger partial charge in [-0.2, -0.15) is 0 Å². The van der Waals surface area contributed by atoms with Gasteiger partial charge in [0.2, 0.25) is 0 Å². The second kappa shape index (κ2) is 13.0. The first-order chi connectivity index (χ1) is 30.3. The summed E-state index contributed by atoms with van der Waals surface area (Å²) in [4.78, 5) is 2.42. The van der Waals surface area contributed by atoms with Crippen molar-refractivity contribution < 1.29 is 4.74 Å². The average Bonchev–Trinajstić information content (AvgIpc) is 3.61. The third-order valence-electron chi connectivity index (χ3n) is 13.3. The van der Waals surface area contributed by atoms with Gasteiger partial charge in [0, 0.05) is 38.4 Å². The molecule has 0 aromatic heterocycles. The zero-order valence-electron chi connectivity index (χ0n) is 33.2. The lowest BCUT2D eigenvalue weighted by Crippen LogP contribution is -2.32. The molecular weight excluding hydrogens is 739 g/mol. The number of benzene rings is 11. The molecular formula is C59H37NO. The van der Waals surface area contributed by atoms with Crippen LogP contribution in [0.3, 0.4) is 0 Å². The Morgan fingerprint density at radius 3 is 1.36 bits per heavy atom. The summed E-state index contributed by atoms with van der Waals surface area (Å²) in [6.45, 7) is 0. The van der Waals surface area contributed by atoms with Crippen LogP contribution in [-0.2, 0) is 5.41 Å². The molecule has 1 aliphatic heterocycles. The molecule has 0 radical (unpaired) electrons. The highest BCUT2D eigenvalue weighted by Crippen LogP contribution is 2.64. The average molecular weight is 776 g/mol. The van der Waals surface area contributed by atoms with Gasteiger partial charge in [-0.25, -0.2) is 0 Å². The monoisotopic (exact) mass is 775 g/mol. The van der Waals surface area contributed by atoms with E-state index in [4.69, 9.17) is 4.74 Å². The Bertz CT molecular complexity index is 3410. The first kappa shape index (κ1) is 34.0. The zero-order chi connectivity index (χ0) is 40.1. The van der Waals surface area contributed by atoms with Crippen LogP contribution in [0.2, 0.25) is 0 Å². The number of ether oxygens (including phenoxy) is 1. The molecule has 0 atom stereocenters. The molecule has 13 rings (SSSR count). The lowest BCUT2D eigenvalue weighted by atomic mass is 9.65. The van der Waals surface area contributed by atoms with Gasteiger partial charge in [-0.15, -0.1) is 0 Å². The third kappa shape index (κ3) is 4.85. The number of anilines is 3. The van der Waals surface area contributed by atoms with Crippen LogP contribution in [0.1, 0.15) is 22.3 Å². The van der Waals surface area contributed by atoms with E-state index in [-0.39, 0.29) is 0 Å². The zero-order valence-corrected chi connectivity index (χ0v) is 33.2. The van der Waals surface area contributed by atoms with Crippen LogP contribution < -0.4 is 9.64 Å². The minimum absolute atomic E-state index is 0.599. The van der Waals surface area contributed by atoms with Crippen LogP contribution in [0.4, 0.5) is 17.1 Å². The van der Waals surface area contributed by atoms with Crippen LogP contribution in [0.25, 0.3) is 65.3 Å². The van der Waals surface area contributed by atoms with Crippen molar-refractivity contribution in [2.45, 2.75) is 5.41 Å². The van der Waals surface area contributed by atoms with Crippen molar-refractivity contribution in [1.82, 2.24) is 0 Å². The molecule has 284 valence electrons. The third-order valence-corrected chi connectivity index (χ3v) is 13.3. The van der Waals surface area contributed by atoms with E-state index in [1.165, 1.54) is 71.3 Å². The van der Waals surface area contributed by atoms with Crippen molar-refractivity contribution >= 4 is 60.2 Å². The molecule has 2 heteroatoms. The molecule has 0 amide bonds. The highest BCUT2D eigenvalue weighted by molar-refractivity contribution is 6.05. The van der Waals surface area contributed by atoms with E-state index >= 15 is 0 Å². The van der Waals surface area contributed by atoms with Gasteiger partial charge in [0.15, 0.2) is 0 Å². The largest absolute Gasteiger partial charge is 0.455 e. The summed E-state index contributed by atoms with van der Waals surface area (Å²) in [5.41, 5.74) is 12.6. The summed E-state index contributed by atoms with van der Waals surface area (Å²) in [6, 6.07) is 82.3. The molecule has 1 aliphatic carbocycles. The minimum Gasteiger partial charge on any atom is -0.455 e. The Balaban J connectivity index is 1.02. The van der Waals surface area contributed by atoms with Gasteiger partial charge in [0.1, 0.15) is 11.5 Å². The lowest BCUT2D eigenvalue weighted by molar-refractivity contribution is 0.447. The molecule has 1 spiro atoms. The van der Waals surface area contributed by atoms with Crippen molar-refractivity contribution in [1.29, 1.82) is 0 Å². The van der Waals surface area contributed by atoms with Gasteiger partial charge >= 0.3 is 0 Å². The molecule has 0 bridgehead atoms. The first-order valence-corrected chi connectivity index (χ1v) is 21.1. The fourth-order valence-electron chi connectivity index (χ4n) is 10.6. The Labute approximate surface area is 354 Å². The molecule has 0 N–H and O–H groups in total. The van der Waals surface area contributed by atoms with Crippen LogP contribution >= 0.6 is 0 Å². The minimum atomic E-state index is -0.599. The van der Waals surface area contributed by atoms with Crippen LogP contribution in [-0.4, -0.2) is 0 Å². The normalized spacial score (nSPS) is 13.2. The fourth-order valence-corrected chi connectivity index (χ4v) is 10.6. The Morgan fingerprint density at radius 2 is 0.770 bits per heavy atom. The Hall–Kier alpha value is -7.94. The maximum Gasteiger partial charge on any atom is 0.140 e. The second-order valence-electron chi connectivity index (χ2n) is 16.4. The summed E-state index contributed by atoms with van der Waals surface area (Å²) in [6.07, 6.45) is 0. The summed E-state index contributed by atoms with van der Waals surface area (Å²) in [5, 5.41) is 9.43. The van der Waals surface area contributed by atoms with E-state index in [2.05, 4.69) is 229 Å². The van der Waals surface area contributed by atoms with Crippen molar-refractivity contribution in [3.05, 3.63) is 247 Å². The van der Waals surface area contributed by atoms with E-state index in [9.17, 15) is 0 Å². The Morgan fingerprint density at radius 1 is 0.311 bits per heavy atom. The van der Waals surface area contributed by atoms with Crippen molar-refractivity contribution in [3.8, 4) is 33.8 Å². The van der Waals surface area contributed by atoms with E-state index in [0.717, 1.165) is 44.9 Å². The topological polar surface area (TPSA) is 12.5 Å². The van der Waals surface area contributed by atoms with Crippen LogP contribution in [0, 0.1) is 0 Å². The second-order valence-corrected chi connectivity index (χ2v) is 16.4. The highest BCUT2D eigenvalue weighted by atomic mass is 16.5. The van der Waals surface area contributed by atoms with E-state index in [1.54, 1.807) is 0 Å². The molecule has 0 saturated heterocycles. The van der Waals surface area contributed by atoms with Crippen molar-refractivity contribution in [2.24, 2.45) is 0 Å². The van der Waals surface area contributed by atoms with Crippen molar-refractivity contribution in [3.63, 3.8) is 0 Å². The van der Waals surface area contributed by atoms with Gasteiger partial charge in [-0.05, 0) is 85.3 Å². The number of fused-ring (bicyclic) bond motifs is 15. The summed E-state index contributed by atoms with van der Waals surface area (Å²) < 4.78 is 7.19. The molecule has 0 saturated carbocycles. The summed E-state index contributed by atoms with van der Waals surface area (Å²) in [5.74, 6) is 1.86. The highest BCUT2D eigenvalue weighted by Gasteiger charge is 2.52. The van der Waals surface area contributed by atoms with Gasteiger partial charge in [0.05, 0.1) is 16.8 Å². The number of nitrogens with zero attached hydrogens (tertiary/aromatic N) is 1. The van der Waals surface area contributed by atoms with Crippen LogP contribution in [0.5, 0.6) is 11.5 Å². The molecule has 1 heterocycles. The number of rotatable bonds is 4. The summed E-state index contributed by atoms with van der Waals surface area (Å²) in [7, 11) is 0. The maximum atomic E-state index is 7.19. The van der Waals surface area contributed by atoms with Gasteiger partial charge in [-0.3, -0.25) is 0 Å². The van der Waals surface area contributed by atoms with Gasteiger partial charge < -0.3 is 9.64 Å². The van der Waals surface area contributed by atoms with E-state index in [1.807, 2.05) is 0 Å². The predicted molar refractivity (Wildman–Crippen MR) is 254 cm³/mol. The SMILES string of the molecule is c1ccc2c(c1)-c1ccc(-c3ccc(N(c4cccc5ccccc45)c4cccc5ccccc45)cc3)cc1C21c2ccc3ccccc3c2Oc2c1ccc1ccccc21. The Kier molecular flexibility index (Phi) is 7.26. The van der Waals surface area contributed by atoms with Crippen LogP contribution in [0.15, 0.2) is 224 Å². The molecule has 61 heavy (non-hydrogen) atoms. The van der Waals surface area contributed by atoms with Gasteiger partial charge in [-0.1, -0.05) is 194 Å². The fraction of sp³-hybridized carbons (Fsp3) is 0.0169. The molecule has 2 aliphatic rings. The lowest BCUT2D eigenvalue weighted by Gasteiger charge is -2.40. The summed E-state index contributed by atoms with van der Waals surface area (Å²) >= 11 is 0. The van der Waals surface area contributed by atoms with E-state index in [0.29, 0.717) is 0 Å². The van der Waals surface area contributed by atoms with Gasteiger partial charge in [0.25, 0.3) is 0 Å². The number of hydrogen-bond acceptors (Lipinski definition) is 2. The van der Waals surface area contributed by atoms with Crippen molar-refractivity contribution in [2.75, 3.05) is 4.90 Å². The number of hydrogen-bond donors (Lipinski definition) is 0. The molecule has 0 fully saturated rings. The quantitative estimate of drug-likeness (QED) is 0.177. The molecule has 11 aromatic rings. The molecule has 11 aromatic carbocycles. The smallest absolute Gasteiger partial charge is 0.140 e. The maximum absolute atomic E-state index is 7.19. The van der Waals surface area contributed by atoms with E-state index < -0.39 is 5.41 Å². The standard InChI is InChI=1S/C59H37NO/c1-5-19-45-39(13-1)17-11-25-55(45)60(56-26-12-18-40-14-2-6-20-46(40)56)44-32-27-38(28-33-44)43-29-34-50-49-23-9-10-24-51(49)59(54(50)37-43)52-35-30-41-15-3-7-21-47(41)57(52)61-58-48-22-8-4-16-42(48)31-36-53(58)59/h1-37H.